The molecule has 2 rings (SSSR count). The summed E-state index contributed by atoms with van der Waals surface area (Å²) < 4.78 is 13.4. The summed E-state index contributed by atoms with van der Waals surface area (Å²) in [5.41, 5.74) is 3.15. The minimum absolute atomic E-state index is 0.0536. The second kappa shape index (κ2) is 13.2. The van der Waals surface area contributed by atoms with Gasteiger partial charge < -0.3 is 5.32 Å². The molecule has 1 saturated heterocycles. The van der Waals surface area contributed by atoms with Gasteiger partial charge in [-0.1, -0.05) is 69.0 Å². The Kier molecular flexibility index (Phi) is 10.6. The fraction of sp³-hybridized carbons (Fsp3) is 0.448. The van der Waals surface area contributed by atoms with Crippen molar-refractivity contribution in [2.24, 2.45) is 16.3 Å². The maximum Gasteiger partial charge on any atom is 0.232 e. The van der Waals surface area contributed by atoms with Crippen LogP contribution in [0.5, 0.6) is 0 Å². The van der Waals surface area contributed by atoms with E-state index in [-0.39, 0.29) is 17.7 Å². The van der Waals surface area contributed by atoms with Gasteiger partial charge in [0.05, 0.1) is 5.41 Å². The third kappa shape index (κ3) is 7.63. The number of hydrogen-bond acceptors (Lipinski definition) is 3. The molecule has 1 N–H and O–H groups in total. The molecule has 1 aliphatic heterocycles. The van der Waals surface area contributed by atoms with Crippen molar-refractivity contribution in [2.75, 3.05) is 19.6 Å². The van der Waals surface area contributed by atoms with Gasteiger partial charge in [0.2, 0.25) is 5.91 Å². The molecule has 0 atom stereocenters. The van der Waals surface area contributed by atoms with Gasteiger partial charge in [0, 0.05) is 30.9 Å². The van der Waals surface area contributed by atoms with Crippen molar-refractivity contribution >= 4 is 11.6 Å². The lowest BCUT2D eigenvalue weighted by atomic mass is 9.70. The summed E-state index contributed by atoms with van der Waals surface area (Å²) in [4.78, 5) is 20.8. The molecule has 1 amide bonds. The van der Waals surface area contributed by atoms with Gasteiger partial charge in [-0.05, 0) is 63.4 Å². The number of amides is 1. The van der Waals surface area contributed by atoms with Gasteiger partial charge in [0.25, 0.3) is 0 Å². The van der Waals surface area contributed by atoms with Crippen molar-refractivity contribution in [3.05, 3.63) is 84.4 Å². The number of piperidine rings is 1. The molecular formula is C29H40FN3O. The molecule has 0 aromatic heterocycles. The van der Waals surface area contributed by atoms with Crippen molar-refractivity contribution in [2.45, 2.75) is 53.5 Å². The van der Waals surface area contributed by atoms with Crippen LogP contribution < -0.4 is 5.32 Å². The Morgan fingerprint density at radius 2 is 1.88 bits per heavy atom. The largest absolute Gasteiger partial charge is 0.356 e. The van der Waals surface area contributed by atoms with E-state index in [1.54, 1.807) is 6.08 Å². The predicted molar refractivity (Wildman–Crippen MR) is 141 cm³/mol. The molecule has 0 spiro atoms. The number of hydrogen-bond donors (Lipinski definition) is 1. The Morgan fingerprint density at radius 1 is 1.24 bits per heavy atom. The van der Waals surface area contributed by atoms with E-state index in [2.05, 4.69) is 61.5 Å². The number of likely N-dealkylation sites (tertiary alicyclic amines) is 1. The van der Waals surface area contributed by atoms with Crippen molar-refractivity contribution in [1.82, 2.24) is 10.2 Å². The van der Waals surface area contributed by atoms with Gasteiger partial charge in [0.15, 0.2) is 0 Å². The van der Waals surface area contributed by atoms with E-state index in [0.717, 1.165) is 43.8 Å². The standard InChI is InChI=1S/C29H40FN3O/c1-7-26(30)15-14-23(5)20-24(6)32-27(22(3)4)29(28(34)31-8-2)16-18-33(19-17-29)21-25-12-10-9-11-13-25/h7,9-15,22H,1,6,8,16-21H2,2-5H3,(H,31,34)/b23-14+,26-15+,32-27?. The highest BCUT2D eigenvalue weighted by Gasteiger charge is 2.46. The number of nitrogens with zero attached hydrogens (tertiary/aromatic N) is 2. The van der Waals surface area contributed by atoms with Gasteiger partial charge in [0.1, 0.15) is 5.83 Å². The second-order valence-electron chi connectivity index (χ2n) is 9.37. The molecule has 34 heavy (non-hydrogen) atoms. The Balaban J connectivity index is 2.26. The van der Waals surface area contributed by atoms with Gasteiger partial charge in [-0.15, -0.1) is 0 Å². The van der Waals surface area contributed by atoms with Crippen molar-refractivity contribution in [3.63, 3.8) is 0 Å². The quantitative estimate of drug-likeness (QED) is 0.304. The summed E-state index contributed by atoms with van der Waals surface area (Å²) in [7, 11) is 0. The number of benzene rings is 1. The predicted octanol–water partition coefficient (Wildman–Crippen LogP) is 6.39. The molecule has 4 nitrogen and oxygen atoms in total. The molecule has 0 aliphatic carbocycles. The second-order valence-corrected chi connectivity index (χ2v) is 9.37. The van der Waals surface area contributed by atoms with Gasteiger partial charge in [-0.3, -0.25) is 14.7 Å². The van der Waals surface area contributed by atoms with E-state index in [4.69, 9.17) is 4.99 Å². The third-order valence-corrected chi connectivity index (χ3v) is 6.25. The number of rotatable bonds is 11. The van der Waals surface area contributed by atoms with E-state index in [1.165, 1.54) is 17.7 Å². The van der Waals surface area contributed by atoms with E-state index < -0.39 is 5.41 Å². The first-order valence-electron chi connectivity index (χ1n) is 12.2. The summed E-state index contributed by atoms with van der Waals surface area (Å²) in [6.45, 7) is 18.8. The Hall–Kier alpha value is -2.79. The van der Waals surface area contributed by atoms with Crippen LogP contribution in [0.15, 0.2) is 83.8 Å². The molecule has 1 heterocycles. The van der Waals surface area contributed by atoms with Crippen LogP contribution in [-0.4, -0.2) is 36.2 Å². The molecule has 1 aliphatic rings. The number of allylic oxidation sites excluding steroid dienone is 5. The highest BCUT2D eigenvalue weighted by molar-refractivity contribution is 6.10. The van der Waals surface area contributed by atoms with Gasteiger partial charge >= 0.3 is 0 Å². The number of halogens is 1. The summed E-state index contributed by atoms with van der Waals surface area (Å²) in [6.07, 6.45) is 6.24. The van der Waals surface area contributed by atoms with Crippen LogP contribution in [0.4, 0.5) is 4.39 Å². The lowest BCUT2D eigenvalue weighted by molar-refractivity contribution is -0.129. The van der Waals surface area contributed by atoms with E-state index in [9.17, 15) is 9.18 Å². The van der Waals surface area contributed by atoms with E-state index in [1.807, 2.05) is 19.9 Å². The summed E-state index contributed by atoms with van der Waals surface area (Å²) in [5.74, 6) is -0.228. The molecule has 1 fully saturated rings. The van der Waals surface area contributed by atoms with Crippen LogP contribution in [0.1, 0.15) is 52.5 Å². The van der Waals surface area contributed by atoms with E-state index >= 15 is 0 Å². The Bertz CT molecular complexity index is 935. The van der Waals surface area contributed by atoms with Gasteiger partial charge in [-0.25, -0.2) is 4.39 Å². The zero-order valence-corrected chi connectivity index (χ0v) is 21.2. The monoisotopic (exact) mass is 465 g/mol. The smallest absolute Gasteiger partial charge is 0.232 e. The molecular weight excluding hydrogens is 425 g/mol. The molecule has 0 unspecified atom stereocenters. The van der Waals surface area contributed by atoms with Crippen LogP contribution in [0.3, 0.4) is 0 Å². The molecule has 184 valence electrons. The summed E-state index contributed by atoms with van der Waals surface area (Å²) in [6, 6.07) is 10.4. The Morgan fingerprint density at radius 3 is 2.44 bits per heavy atom. The number of carbonyl (C=O) groups is 1. The lowest BCUT2D eigenvalue weighted by Crippen LogP contribution is -2.54. The number of nitrogens with one attached hydrogen (secondary N) is 1. The van der Waals surface area contributed by atoms with E-state index in [0.29, 0.717) is 18.7 Å². The molecule has 0 radical (unpaired) electrons. The minimum atomic E-state index is -0.646. The van der Waals surface area contributed by atoms with Crippen LogP contribution in [0, 0.1) is 11.3 Å². The van der Waals surface area contributed by atoms with Crippen molar-refractivity contribution in [3.8, 4) is 0 Å². The topological polar surface area (TPSA) is 44.7 Å². The maximum atomic E-state index is 13.4. The average molecular weight is 466 g/mol. The summed E-state index contributed by atoms with van der Waals surface area (Å²) in [5, 5.41) is 3.07. The number of carbonyl (C=O) groups excluding carboxylic acids is 1. The first kappa shape index (κ1) is 27.5. The van der Waals surface area contributed by atoms with Crippen LogP contribution in [0.2, 0.25) is 0 Å². The molecule has 5 heteroatoms. The number of aliphatic imine (C=N–C) groups is 1. The lowest BCUT2D eigenvalue weighted by Gasteiger charge is -2.42. The maximum absolute atomic E-state index is 13.4. The fourth-order valence-electron chi connectivity index (χ4n) is 4.53. The molecule has 1 aromatic carbocycles. The fourth-order valence-corrected chi connectivity index (χ4v) is 4.53. The van der Waals surface area contributed by atoms with Crippen molar-refractivity contribution < 1.29 is 9.18 Å². The average Bonchev–Trinajstić information content (AvgIpc) is 2.82. The Labute approximate surface area is 205 Å². The summed E-state index contributed by atoms with van der Waals surface area (Å²) >= 11 is 0. The first-order chi connectivity index (χ1) is 16.2. The highest BCUT2D eigenvalue weighted by atomic mass is 19.1. The first-order valence-corrected chi connectivity index (χ1v) is 12.2. The SMILES string of the molecule is C=C/C(F)=C\C=C(/C)CC(=C)N=C(C(C)C)C1(C(=O)NCC)CCN(Cc2ccccc2)CC1. The normalized spacial score (nSPS) is 17.5. The molecule has 0 saturated carbocycles. The third-order valence-electron chi connectivity index (χ3n) is 6.25. The van der Waals surface area contributed by atoms with Gasteiger partial charge in [-0.2, -0.15) is 0 Å². The highest BCUT2D eigenvalue weighted by Crippen LogP contribution is 2.37. The molecule has 1 aromatic rings. The zero-order chi connectivity index (χ0) is 25.1. The molecule has 0 bridgehead atoms. The van der Waals surface area contributed by atoms with Crippen LogP contribution in [0.25, 0.3) is 0 Å². The van der Waals surface area contributed by atoms with Crippen molar-refractivity contribution in [1.29, 1.82) is 0 Å². The zero-order valence-electron chi connectivity index (χ0n) is 21.2. The van der Waals surface area contributed by atoms with Crippen LogP contribution in [-0.2, 0) is 11.3 Å². The van der Waals surface area contributed by atoms with Crippen LogP contribution >= 0.6 is 0 Å². The minimum Gasteiger partial charge on any atom is -0.356 e.